The van der Waals surface area contributed by atoms with Crippen molar-refractivity contribution >= 4 is 36.3 Å². The molecule has 0 saturated carbocycles. The van der Waals surface area contributed by atoms with Crippen molar-refractivity contribution in [1.82, 2.24) is 3.97 Å². The van der Waals surface area contributed by atoms with E-state index in [1.165, 1.54) is 18.2 Å². The van der Waals surface area contributed by atoms with Crippen molar-refractivity contribution in [3.05, 3.63) is 23.5 Å². The minimum atomic E-state index is -0.177. The summed E-state index contributed by atoms with van der Waals surface area (Å²) in [6, 6.07) is 2.16. The average Bonchev–Trinajstić information content (AvgIpc) is 2.59. The lowest BCUT2D eigenvalue weighted by atomic mass is 9.95. The highest BCUT2D eigenvalue weighted by Gasteiger charge is 2.23. The van der Waals surface area contributed by atoms with Gasteiger partial charge in [0.25, 0.3) is 0 Å². The lowest BCUT2D eigenvalue weighted by Gasteiger charge is -2.23. The Morgan fingerprint density at radius 2 is 2.53 bits per heavy atom. The van der Waals surface area contributed by atoms with Gasteiger partial charge in [0.15, 0.2) is 0 Å². The molecule has 1 aromatic heterocycles. The number of ether oxygens (including phenoxy) is 1. The van der Waals surface area contributed by atoms with Gasteiger partial charge in [-0.2, -0.15) is 0 Å². The predicted molar refractivity (Wildman–Crippen MR) is 69.0 cm³/mol. The first-order chi connectivity index (χ1) is 7.20. The summed E-state index contributed by atoms with van der Waals surface area (Å²) in [6.07, 6.45) is 4.95. The number of esters is 1. The third-order valence-corrected chi connectivity index (χ3v) is 4.38. The first kappa shape index (κ1) is 11.3. The Kier molecular flexibility index (Phi) is 3.60. The molecule has 15 heavy (non-hydrogen) atoms. The maximum Gasteiger partial charge on any atom is 0.302 e. The third kappa shape index (κ3) is 2.50. The van der Waals surface area contributed by atoms with Crippen molar-refractivity contribution in [2.24, 2.45) is 0 Å². The molecule has 0 amide bonds. The molecule has 1 heterocycles. The molecule has 1 aromatic rings. The smallest absolute Gasteiger partial charge is 0.302 e. The van der Waals surface area contributed by atoms with Crippen molar-refractivity contribution in [2.45, 2.75) is 32.3 Å². The molecule has 0 N–H and O–H groups in total. The summed E-state index contributed by atoms with van der Waals surface area (Å²) in [4.78, 5) is 10.9. The highest BCUT2D eigenvalue weighted by molar-refractivity contribution is 14.2. The molecule has 0 aliphatic heterocycles. The number of fused-ring (bicyclic) bond motifs is 1. The van der Waals surface area contributed by atoms with Gasteiger partial charge in [-0.3, -0.25) is 8.77 Å². The second-order valence-corrected chi connectivity index (χ2v) is 5.37. The zero-order valence-electron chi connectivity index (χ0n) is 8.40. The Hall–Kier alpha value is -0.170. The van der Waals surface area contributed by atoms with Crippen LogP contribution in [-0.2, 0) is 22.4 Å². The summed E-state index contributed by atoms with van der Waals surface area (Å²) in [5.41, 5.74) is 2.69. The van der Waals surface area contributed by atoms with Gasteiger partial charge in [0.1, 0.15) is 6.10 Å². The minimum absolute atomic E-state index is 0.0622. The van der Waals surface area contributed by atoms with E-state index in [4.69, 9.17) is 4.74 Å². The fraction of sp³-hybridized carbons (Fsp3) is 0.500. The second kappa shape index (κ2) is 4.78. The summed E-state index contributed by atoms with van der Waals surface area (Å²) in [5, 5.41) is 0. The van der Waals surface area contributed by atoms with E-state index >= 15 is 0 Å². The van der Waals surface area contributed by atoms with Gasteiger partial charge < -0.3 is 4.74 Å². The number of hydrogen-bond donors (Lipinski definition) is 0. The molecular weight excluding hydrogens is 325 g/mol. The lowest BCUT2D eigenvalue weighted by Crippen LogP contribution is -2.25. The Labute approximate surface area is 105 Å². The van der Waals surface area contributed by atoms with E-state index in [1.807, 2.05) is 0 Å². The molecule has 5 heteroatoms. The van der Waals surface area contributed by atoms with E-state index < -0.39 is 0 Å². The first-order valence-corrected chi connectivity index (χ1v) is 8.17. The molecule has 1 aliphatic rings. The van der Waals surface area contributed by atoms with Gasteiger partial charge in [0.2, 0.25) is 0 Å². The normalized spacial score (nSPS) is 19.7. The second-order valence-electron chi connectivity index (χ2n) is 3.66. The fourth-order valence-electron chi connectivity index (χ4n) is 1.97. The van der Waals surface area contributed by atoms with E-state index in [9.17, 15) is 4.79 Å². The molecule has 1 atom stereocenters. The van der Waals surface area contributed by atoms with Crippen LogP contribution in [0.5, 0.6) is 0 Å². The maximum atomic E-state index is 10.9. The van der Waals surface area contributed by atoms with Crippen LogP contribution in [0.2, 0.25) is 0 Å². The number of carbonyl (C=O) groups is 1. The molecule has 1 aliphatic carbocycles. The molecule has 2 rings (SSSR count). The largest absolute Gasteiger partial charge is 0.462 e. The zero-order valence-corrected chi connectivity index (χ0v) is 11.4. The number of hydrogen-bond acceptors (Lipinski definition) is 3. The number of aromatic nitrogens is 1. The molecule has 0 aromatic carbocycles. The van der Waals surface area contributed by atoms with Crippen molar-refractivity contribution in [1.29, 1.82) is 0 Å². The van der Waals surface area contributed by atoms with Crippen LogP contribution in [-0.4, -0.2) is 16.0 Å². The molecule has 0 spiro atoms. The van der Waals surface area contributed by atoms with E-state index in [1.54, 1.807) is 9.12 Å². The van der Waals surface area contributed by atoms with Crippen molar-refractivity contribution in [3.8, 4) is 0 Å². The maximum absolute atomic E-state index is 10.9. The Bertz CT molecular complexity index is 364. The molecule has 0 saturated heterocycles. The number of aryl methyl sites for hydroxylation is 1. The zero-order chi connectivity index (χ0) is 10.8. The quantitative estimate of drug-likeness (QED) is 0.614. The van der Waals surface area contributed by atoms with Crippen LogP contribution in [0.1, 0.15) is 24.6 Å². The van der Waals surface area contributed by atoms with Crippen LogP contribution in [0, 0.1) is 0 Å². The minimum Gasteiger partial charge on any atom is -0.462 e. The fourth-order valence-corrected chi connectivity index (χ4v) is 3.46. The molecule has 82 valence electrons. The van der Waals surface area contributed by atoms with Gasteiger partial charge in [0, 0.05) is 55.6 Å². The van der Waals surface area contributed by atoms with Crippen LogP contribution in [0.3, 0.4) is 0 Å². The summed E-state index contributed by atoms with van der Waals surface area (Å²) >= 11 is 2.26. The number of nitrogens with zero attached hydrogens (tertiary/aromatic N) is 1. The van der Waals surface area contributed by atoms with Gasteiger partial charge in [-0.25, -0.2) is 0 Å². The summed E-state index contributed by atoms with van der Waals surface area (Å²) in [5.74, 6) is -0.177. The van der Waals surface area contributed by atoms with E-state index in [-0.39, 0.29) is 12.1 Å². The topological polar surface area (TPSA) is 31.2 Å². The standard InChI is InChI=1S/C10H12INO2S/c1-7(13)14-9-3-2-8-4-5-12(15-11)10(8)6-9/h4-5,9H,2-3,6H2,1H3. The Morgan fingerprint density at radius 3 is 3.20 bits per heavy atom. The number of halogens is 1. The number of rotatable bonds is 2. The predicted octanol–water partition coefficient (Wildman–Crippen LogP) is 2.75. The molecule has 0 bridgehead atoms. The number of carbonyl (C=O) groups excluding carboxylic acids is 1. The van der Waals surface area contributed by atoms with Crippen LogP contribution >= 0.6 is 30.3 Å². The lowest BCUT2D eigenvalue weighted by molar-refractivity contribution is -0.146. The molecule has 1 unspecified atom stereocenters. The molecular formula is C10H12INO2S. The Morgan fingerprint density at radius 1 is 1.73 bits per heavy atom. The van der Waals surface area contributed by atoms with Gasteiger partial charge in [0.05, 0.1) is 0 Å². The molecule has 3 nitrogen and oxygen atoms in total. The van der Waals surface area contributed by atoms with Gasteiger partial charge >= 0.3 is 5.97 Å². The van der Waals surface area contributed by atoms with Crippen LogP contribution in [0.25, 0.3) is 0 Å². The van der Waals surface area contributed by atoms with Crippen molar-refractivity contribution in [2.75, 3.05) is 0 Å². The molecule has 0 fully saturated rings. The van der Waals surface area contributed by atoms with Crippen molar-refractivity contribution < 1.29 is 9.53 Å². The third-order valence-electron chi connectivity index (χ3n) is 2.61. The SMILES string of the molecule is CC(=O)OC1CCc2ccn(SI)c2C1. The van der Waals surface area contributed by atoms with Crippen molar-refractivity contribution in [3.63, 3.8) is 0 Å². The monoisotopic (exact) mass is 337 g/mol. The van der Waals surface area contributed by atoms with E-state index in [0.29, 0.717) is 0 Å². The van der Waals surface area contributed by atoms with Gasteiger partial charge in [-0.15, -0.1) is 0 Å². The average molecular weight is 337 g/mol. The summed E-state index contributed by atoms with van der Waals surface area (Å²) in [7, 11) is 1.66. The van der Waals surface area contributed by atoms with Crippen LogP contribution < -0.4 is 0 Å². The summed E-state index contributed by atoms with van der Waals surface area (Å²) in [6.45, 7) is 1.47. The highest BCUT2D eigenvalue weighted by atomic mass is 127. The first-order valence-electron chi connectivity index (χ1n) is 4.86. The summed E-state index contributed by atoms with van der Waals surface area (Å²) < 4.78 is 7.40. The van der Waals surface area contributed by atoms with Gasteiger partial charge in [-0.1, -0.05) is 0 Å². The van der Waals surface area contributed by atoms with E-state index in [2.05, 4.69) is 37.4 Å². The van der Waals surface area contributed by atoms with E-state index in [0.717, 1.165) is 19.3 Å². The molecule has 0 radical (unpaired) electrons. The Balaban J connectivity index is 2.13. The van der Waals surface area contributed by atoms with Crippen LogP contribution in [0.4, 0.5) is 0 Å². The van der Waals surface area contributed by atoms with Crippen LogP contribution in [0.15, 0.2) is 12.3 Å². The van der Waals surface area contributed by atoms with Gasteiger partial charge in [-0.05, 0) is 24.5 Å². The highest BCUT2D eigenvalue weighted by Crippen LogP contribution is 2.29.